The van der Waals surface area contributed by atoms with Crippen molar-refractivity contribution >= 4 is 5.97 Å². The van der Waals surface area contributed by atoms with E-state index >= 15 is 0 Å². The molecule has 0 radical (unpaired) electrons. The number of carboxylic acids is 1. The molecule has 0 aromatic carbocycles. The highest BCUT2D eigenvalue weighted by atomic mass is 16.5. The van der Waals surface area contributed by atoms with Crippen LogP contribution >= 0.6 is 0 Å². The van der Waals surface area contributed by atoms with Gasteiger partial charge in [-0.05, 0) is 32.2 Å². The minimum absolute atomic E-state index is 0.272. The number of hydrogen-bond acceptors (Lipinski definition) is 4. The van der Waals surface area contributed by atoms with E-state index in [1.165, 1.54) is 0 Å². The van der Waals surface area contributed by atoms with E-state index in [0.717, 1.165) is 49.6 Å². The molecule has 6 heteroatoms. The van der Waals surface area contributed by atoms with Gasteiger partial charge in [-0.15, -0.1) is 0 Å². The summed E-state index contributed by atoms with van der Waals surface area (Å²) in [7, 11) is 3.55. The highest BCUT2D eigenvalue weighted by Crippen LogP contribution is 2.27. The number of methoxy groups -OCH3 is 1. The molecule has 1 aromatic rings. The molecule has 1 aromatic heterocycles. The average molecular weight is 281 g/mol. The van der Waals surface area contributed by atoms with Crippen LogP contribution in [0, 0.1) is 12.8 Å². The van der Waals surface area contributed by atoms with Crippen LogP contribution in [-0.4, -0.2) is 46.0 Å². The Labute approximate surface area is 119 Å². The smallest absolute Gasteiger partial charge is 0.303 e. The maximum absolute atomic E-state index is 10.6. The van der Waals surface area contributed by atoms with Crippen LogP contribution in [0.15, 0.2) is 0 Å². The zero-order valence-corrected chi connectivity index (χ0v) is 12.4. The van der Waals surface area contributed by atoms with Crippen LogP contribution in [0.1, 0.15) is 30.5 Å². The molecule has 2 rings (SSSR count). The summed E-state index contributed by atoms with van der Waals surface area (Å²) < 4.78 is 7.18. The van der Waals surface area contributed by atoms with Crippen LogP contribution in [0.5, 0.6) is 5.88 Å². The Bertz CT molecular complexity index is 484. The first-order valence-electron chi connectivity index (χ1n) is 7.02. The minimum Gasteiger partial charge on any atom is -0.481 e. The molecule has 1 fully saturated rings. The Kier molecular flexibility index (Phi) is 4.65. The highest BCUT2D eigenvalue weighted by molar-refractivity contribution is 5.66. The lowest BCUT2D eigenvalue weighted by Gasteiger charge is -2.16. The van der Waals surface area contributed by atoms with Crippen molar-refractivity contribution in [1.82, 2.24) is 14.7 Å². The second kappa shape index (κ2) is 6.26. The molecule has 0 spiro atoms. The van der Waals surface area contributed by atoms with Crippen molar-refractivity contribution in [3.8, 4) is 5.88 Å². The average Bonchev–Trinajstić information content (AvgIpc) is 2.93. The Morgan fingerprint density at radius 1 is 1.55 bits per heavy atom. The van der Waals surface area contributed by atoms with Crippen LogP contribution in [0.25, 0.3) is 0 Å². The second-order valence-corrected chi connectivity index (χ2v) is 5.52. The zero-order chi connectivity index (χ0) is 14.7. The second-order valence-electron chi connectivity index (χ2n) is 5.52. The van der Waals surface area contributed by atoms with Gasteiger partial charge in [-0.2, -0.15) is 5.10 Å². The molecule has 0 saturated carbocycles. The fourth-order valence-electron chi connectivity index (χ4n) is 2.96. The summed E-state index contributed by atoms with van der Waals surface area (Å²) in [6.07, 6.45) is 2.12. The number of aliphatic carboxylic acids is 1. The molecule has 112 valence electrons. The molecule has 0 bridgehead atoms. The van der Waals surface area contributed by atoms with Gasteiger partial charge in [-0.1, -0.05) is 0 Å². The van der Waals surface area contributed by atoms with Gasteiger partial charge in [0.05, 0.1) is 18.4 Å². The summed E-state index contributed by atoms with van der Waals surface area (Å²) in [6, 6.07) is 0. The lowest BCUT2D eigenvalue weighted by molar-refractivity contribution is -0.137. The van der Waals surface area contributed by atoms with E-state index < -0.39 is 5.97 Å². The lowest BCUT2D eigenvalue weighted by Crippen LogP contribution is -2.21. The van der Waals surface area contributed by atoms with E-state index in [-0.39, 0.29) is 6.42 Å². The highest BCUT2D eigenvalue weighted by Gasteiger charge is 2.25. The third kappa shape index (κ3) is 3.30. The zero-order valence-electron chi connectivity index (χ0n) is 12.4. The minimum atomic E-state index is -0.701. The molecule has 1 atom stereocenters. The number of carboxylic acid groups (broad SMARTS) is 1. The van der Waals surface area contributed by atoms with Gasteiger partial charge in [0.2, 0.25) is 5.88 Å². The van der Waals surface area contributed by atoms with Crippen LogP contribution in [0.2, 0.25) is 0 Å². The molecule has 20 heavy (non-hydrogen) atoms. The summed E-state index contributed by atoms with van der Waals surface area (Å²) in [6.45, 7) is 4.80. The summed E-state index contributed by atoms with van der Waals surface area (Å²) in [5.74, 6) is 0.610. The van der Waals surface area contributed by atoms with E-state index in [4.69, 9.17) is 9.84 Å². The van der Waals surface area contributed by atoms with Gasteiger partial charge in [0.1, 0.15) is 0 Å². The van der Waals surface area contributed by atoms with Crippen molar-refractivity contribution in [2.24, 2.45) is 13.0 Å². The SMILES string of the molecule is COc1c(CN2CCC(CCC(=O)O)C2)c(C)nn1C. The molecule has 2 heterocycles. The fourth-order valence-corrected chi connectivity index (χ4v) is 2.96. The summed E-state index contributed by atoms with van der Waals surface area (Å²) in [5.41, 5.74) is 2.13. The van der Waals surface area contributed by atoms with Crippen molar-refractivity contribution in [2.45, 2.75) is 32.7 Å². The standard InChI is InChI=1S/C14H23N3O3/c1-10-12(14(20-3)16(2)15-10)9-17-7-6-11(8-17)4-5-13(18)19/h11H,4-9H2,1-3H3,(H,18,19). The van der Waals surface area contributed by atoms with Gasteiger partial charge in [0.25, 0.3) is 0 Å². The molecule has 0 amide bonds. The molecule has 1 aliphatic heterocycles. The molecular formula is C14H23N3O3. The first kappa shape index (κ1) is 14.8. The first-order valence-corrected chi connectivity index (χ1v) is 7.02. The molecule has 1 aliphatic rings. The third-order valence-electron chi connectivity index (χ3n) is 4.00. The number of nitrogens with zero attached hydrogens (tertiary/aromatic N) is 3. The van der Waals surface area contributed by atoms with Crippen LogP contribution in [0.4, 0.5) is 0 Å². The van der Waals surface area contributed by atoms with Crippen LogP contribution < -0.4 is 4.74 Å². The van der Waals surface area contributed by atoms with E-state index in [9.17, 15) is 4.79 Å². The Morgan fingerprint density at radius 3 is 2.95 bits per heavy atom. The molecule has 1 saturated heterocycles. The number of hydrogen-bond donors (Lipinski definition) is 1. The van der Waals surface area contributed by atoms with Gasteiger partial charge in [0, 0.05) is 26.6 Å². The maximum Gasteiger partial charge on any atom is 0.303 e. The summed E-state index contributed by atoms with van der Waals surface area (Å²) in [4.78, 5) is 13.0. The molecule has 1 N–H and O–H groups in total. The Morgan fingerprint density at radius 2 is 2.30 bits per heavy atom. The van der Waals surface area contributed by atoms with Gasteiger partial charge in [0.15, 0.2) is 0 Å². The first-order chi connectivity index (χ1) is 9.51. The largest absolute Gasteiger partial charge is 0.481 e. The molecule has 6 nitrogen and oxygen atoms in total. The van der Waals surface area contributed by atoms with E-state index in [2.05, 4.69) is 10.00 Å². The topological polar surface area (TPSA) is 67.6 Å². The Balaban J connectivity index is 1.94. The Hall–Kier alpha value is -1.56. The van der Waals surface area contributed by atoms with Crippen molar-refractivity contribution in [2.75, 3.05) is 20.2 Å². The van der Waals surface area contributed by atoms with Gasteiger partial charge in [-0.3, -0.25) is 9.69 Å². The quantitative estimate of drug-likeness (QED) is 0.854. The van der Waals surface area contributed by atoms with Crippen molar-refractivity contribution in [3.63, 3.8) is 0 Å². The predicted octanol–water partition coefficient (Wildman–Crippen LogP) is 1.42. The number of ether oxygens (including phenoxy) is 1. The van der Waals surface area contributed by atoms with Crippen molar-refractivity contribution < 1.29 is 14.6 Å². The van der Waals surface area contributed by atoms with Gasteiger partial charge in [-0.25, -0.2) is 4.68 Å². The fraction of sp³-hybridized carbons (Fsp3) is 0.714. The normalized spacial score (nSPS) is 19.4. The maximum atomic E-state index is 10.6. The van der Waals surface area contributed by atoms with E-state index in [1.54, 1.807) is 11.8 Å². The number of aromatic nitrogens is 2. The van der Waals surface area contributed by atoms with Crippen molar-refractivity contribution in [1.29, 1.82) is 0 Å². The number of aryl methyl sites for hydroxylation is 2. The summed E-state index contributed by atoms with van der Waals surface area (Å²) >= 11 is 0. The number of rotatable bonds is 6. The lowest BCUT2D eigenvalue weighted by atomic mass is 10.0. The predicted molar refractivity (Wildman–Crippen MR) is 74.8 cm³/mol. The molecular weight excluding hydrogens is 258 g/mol. The van der Waals surface area contributed by atoms with Crippen LogP contribution in [-0.2, 0) is 18.4 Å². The molecule has 1 unspecified atom stereocenters. The summed E-state index contributed by atoms with van der Waals surface area (Å²) in [5, 5.41) is 13.1. The van der Waals surface area contributed by atoms with Gasteiger partial charge < -0.3 is 9.84 Å². The van der Waals surface area contributed by atoms with Crippen LogP contribution in [0.3, 0.4) is 0 Å². The number of likely N-dealkylation sites (tertiary alicyclic amines) is 1. The molecule has 0 aliphatic carbocycles. The van der Waals surface area contributed by atoms with Gasteiger partial charge >= 0.3 is 5.97 Å². The monoisotopic (exact) mass is 281 g/mol. The third-order valence-corrected chi connectivity index (χ3v) is 4.00. The van der Waals surface area contributed by atoms with E-state index in [0.29, 0.717) is 5.92 Å². The van der Waals surface area contributed by atoms with E-state index in [1.807, 2.05) is 14.0 Å². The number of carbonyl (C=O) groups is 1. The van der Waals surface area contributed by atoms with Crippen molar-refractivity contribution in [3.05, 3.63) is 11.3 Å².